The van der Waals surface area contributed by atoms with E-state index < -0.39 is 0 Å². The van der Waals surface area contributed by atoms with Gasteiger partial charge in [-0.1, -0.05) is 29.8 Å². The van der Waals surface area contributed by atoms with Crippen LogP contribution in [0.4, 0.5) is 10.1 Å². The van der Waals surface area contributed by atoms with Crippen molar-refractivity contribution in [3.63, 3.8) is 0 Å². The van der Waals surface area contributed by atoms with Crippen molar-refractivity contribution in [3.8, 4) is 11.5 Å². The SMILES string of the molecule is CC(c1nnc(-c2cccc(Cl)c2)o1)N1CCN(c2ccccc2F)CC1. The van der Waals surface area contributed by atoms with Gasteiger partial charge in [0.15, 0.2) is 0 Å². The van der Waals surface area contributed by atoms with E-state index in [1.54, 1.807) is 18.2 Å². The second-order valence-electron chi connectivity index (χ2n) is 6.61. The molecule has 1 fully saturated rings. The molecule has 1 saturated heterocycles. The Morgan fingerprint density at radius 3 is 2.56 bits per heavy atom. The summed E-state index contributed by atoms with van der Waals surface area (Å²) in [5.74, 6) is 0.857. The van der Waals surface area contributed by atoms with E-state index in [1.807, 2.05) is 31.2 Å². The van der Waals surface area contributed by atoms with Crippen LogP contribution in [0.5, 0.6) is 0 Å². The molecule has 2 heterocycles. The molecule has 27 heavy (non-hydrogen) atoms. The van der Waals surface area contributed by atoms with Gasteiger partial charge < -0.3 is 9.32 Å². The molecule has 0 aliphatic carbocycles. The van der Waals surface area contributed by atoms with Crippen LogP contribution < -0.4 is 4.90 Å². The lowest BCUT2D eigenvalue weighted by Crippen LogP contribution is -2.47. The minimum absolute atomic E-state index is 0.00629. The summed E-state index contributed by atoms with van der Waals surface area (Å²) < 4.78 is 19.9. The molecule has 0 amide bonds. The summed E-state index contributed by atoms with van der Waals surface area (Å²) in [4.78, 5) is 4.34. The number of benzene rings is 2. The predicted molar refractivity (Wildman–Crippen MR) is 103 cm³/mol. The first-order valence-corrected chi connectivity index (χ1v) is 9.32. The molecule has 1 atom stereocenters. The quantitative estimate of drug-likeness (QED) is 0.664. The Kier molecular flexibility index (Phi) is 5.09. The highest BCUT2D eigenvalue weighted by Gasteiger charge is 2.26. The molecule has 1 aromatic heterocycles. The maximum absolute atomic E-state index is 14.0. The van der Waals surface area contributed by atoms with Crippen molar-refractivity contribution < 1.29 is 8.81 Å². The summed E-state index contributed by atoms with van der Waals surface area (Å²) in [5.41, 5.74) is 1.46. The second-order valence-corrected chi connectivity index (χ2v) is 7.04. The Bertz CT molecular complexity index is 924. The van der Waals surface area contributed by atoms with Gasteiger partial charge in [-0.3, -0.25) is 4.90 Å². The largest absolute Gasteiger partial charge is 0.419 e. The average molecular weight is 387 g/mol. The number of aromatic nitrogens is 2. The van der Waals surface area contributed by atoms with E-state index in [-0.39, 0.29) is 11.9 Å². The van der Waals surface area contributed by atoms with Crippen LogP contribution in [0.1, 0.15) is 18.9 Å². The van der Waals surface area contributed by atoms with Gasteiger partial charge in [-0.05, 0) is 37.3 Å². The Morgan fingerprint density at radius 2 is 1.81 bits per heavy atom. The van der Waals surface area contributed by atoms with Gasteiger partial charge in [0.25, 0.3) is 0 Å². The first-order valence-electron chi connectivity index (χ1n) is 8.94. The number of piperazine rings is 1. The van der Waals surface area contributed by atoms with Crippen molar-refractivity contribution >= 4 is 17.3 Å². The van der Waals surface area contributed by atoms with Gasteiger partial charge >= 0.3 is 0 Å². The van der Waals surface area contributed by atoms with Crippen molar-refractivity contribution in [3.05, 3.63) is 65.3 Å². The van der Waals surface area contributed by atoms with E-state index in [1.165, 1.54) is 6.07 Å². The zero-order valence-corrected chi connectivity index (χ0v) is 15.7. The lowest BCUT2D eigenvalue weighted by molar-refractivity contribution is 0.173. The number of anilines is 1. The summed E-state index contributed by atoms with van der Waals surface area (Å²) in [6, 6.07) is 14.2. The van der Waals surface area contributed by atoms with E-state index in [0.29, 0.717) is 22.5 Å². The summed E-state index contributed by atoms with van der Waals surface area (Å²) in [7, 11) is 0. The first-order chi connectivity index (χ1) is 13.1. The van der Waals surface area contributed by atoms with E-state index in [2.05, 4.69) is 20.0 Å². The van der Waals surface area contributed by atoms with Crippen molar-refractivity contribution in [2.45, 2.75) is 13.0 Å². The van der Waals surface area contributed by atoms with Gasteiger partial charge in [-0.2, -0.15) is 0 Å². The lowest BCUT2D eigenvalue weighted by atomic mass is 10.2. The molecule has 1 aliphatic rings. The van der Waals surface area contributed by atoms with Crippen LogP contribution in [0.15, 0.2) is 52.9 Å². The number of rotatable bonds is 4. The van der Waals surface area contributed by atoms with Crippen LogP contribution in [0.2, 0.25) is 5.02 Å². The van der Waals surface area contributed by atoms with Crippen LogP contribution in [-0.4, -0.2) is 41.3 Å². The third-order valence-electron chi connectivity index (χ3n) is 4.92. The topological polar surface area (TPSA) is 45.4 Å². The van der Waals surface area contributed by atoms with Crippen molar-refractivity contribution in [2.24, 2.45) is 0 Å². The Labute approximate surface area is 162 Å². The van der Waals surface area contributed by atoms with Crippen LogP contribution in [0.25, 0.3) is 11.5 Å². The first kappa shape index (κ1) is 17.9. The Morgan fingerprint density at radius 1 is 1.04 bits per heavy atom. The zero-order valence-electron chi connectivity index (χ0n) is 15.0. The standard InChI is InChI=1S/C20H20ClFN4O/c1-14(19-23-24-20(27-19)15-5-4-6-16(21)13-15)25-9-11-26(12-10-25)18-8-3-2-7-17(18)22/h2-8,13-14H,9-12H2,1H3. The molecule has 2 aromatic carbocycles. The Hall–Kier alpha value is -2.44. The molecule has 4 rings (SSSR count). The molecule has 0 saturated carbocycles. The van der Waals surface area contributed by atoms with Gasteiger partial charge in [0.1, 0.15) is 5.82 Å². The fraction of sp³-hybridized carbons (Fsp3) is 0.300. The molecule has 1 aliphatic heterocycles. The minimum Gasteiger partial charge on any atom is -0.419 e. The summed E-state index contributed by atoms with van der Waals surface area (Å²) >= 11 is 6.03. The molecular weight excluding hydrogens is 367 g/mol. The van der Waals surface area contributed by atoms with Gasteiger partial charge in [-0.15, -0.1) is 10.2 Å². The van der Waals surface area contributed by atoms with Crippen molar-refractivity contribution in [2.75, 3.05) is 31.1 Å². The van der Waals surface area contributed by atoms with Gasteiger partial charge in [0.05, 0.1) is 11.7 Å². The van der Waals surface area contributed by atoms with E-state index in [0.717, 1.165) is 31.7 Å². The fourth-order valence-corrected chi connectivity index (χ4v) is 3.55. The van der Waals surface area contributed by atoms with Crippen molar-refractivity contribution in [1.29, 1.82) is 0 Å². The van der Waals surface area contributed by atoms with E-state index >= 15 is 0 Å². The average Bonchev–Trinajstić information content (AvgIpc) is 3.18. The summed E-state index contributed by atoms with van der Waals surface area (Å²) in [6.45, 7) is 5.14. The Balaban J connectivity index is 1.43. The molecule has 0 radical (unpaired) electrons. The zero-order chi connectivity index (χ0) is 18.8. The number of hydrogen-bond donors (Lipinski definition) is 0. The fourth-order valence-electron chi connectivity index (χ4n) is 3.36. The monoisotopic (exact) mass is 386 g/mol. The molecule has 0 N–H and O–H groups in total. The number of halogens is 2. The maximum atomic E-state index is 14.0. The smallest absolute Gasteiger partial charge is 0.247 e. The molecule has 140 valence electrons. The van der Waals surface area contributed by atoms with Crippen LogP contribution >= 0.6 is 11.6 Å². The second kappa shape index (κ2) is 7.66. The lowest BCUT2D eigenvalue weighted by Gasteiger charge is -2.38. The normalized spacial score (nSPS) is 16.5. The van der Waals surface area contributed by atoms with Gasteiger partial charge in [-0.25, -0.2) is 4.39 Å². The number of nitrogens with zero attached hydrogens (tertiary/aromatic N) is 4. The van der Waals surface area contributed by atoms with Crippen LogP contribution in [-0.2, 0) is 0 Å². The summed E-state index contributed by atoms with van der Waals surface area (Å²) in [5, 5.41) is 9.00. The van der Waals surface area contributed by atoms with Crippen molar-refractivity contribution in [1.82, 2.24) is 15.1 Å². The minimum atomic E-state index is -0.179. The third kappa shape index (κ3) is 3.82. The third-order valence-corrected chi connectivity index (χ3v) is 5.16. The predicted octanol–water partition coefficient (Wildman–Crippen LogP) is 4.41. The maximum Gasteiger partial charge on any atom is 0.247 e. The van der Waals surface area contributed by atoms with E-state index in [9.17, 15) is 4.39 Å². The highest BCUT2D eigenvalue weighted by molar-refractivity contribution is 6.30. The summed E-state index contributed by atoms with van der Waals surface area (Å²) in [6.07, 6.45) is 0. The molecule has 1 unspecified atom stereocenters. The van der Waals surface area contributed by atoms with E-state index in [4.69, 9.17) is 16.0 Å². The van der Waals surface area contributed by atoms with Crippen LogP contribution in [0, 0.1) is 5.82 Å². The molecule has 0 bridgehead atoms. The van der Waals surface area contributed by atoms with Gasteiger partial charge in [0.2, 0.25) is 11.8 Å². The molecule has 3 aromatic rings. The van der Waals surface area contributed by atoms with Gasteiger partial charge in [0, 0.05) is 36.8 Å². The number of para-hydroxylation sites is 1. The molecule has 0 spiro atoms. The molecule has 7 heteroatoms. The molecule has 5 nitrogen and oxygen atoms in total. The molecular formula is C20H20ClFN4O. The number of hydrogen-bond acceptors (Lipinski definition) is 5. The highest BCUT2D eigenvalue weighted by atomic mass is 35.5. The highest BCUT2D eigenvalue weighted by Crippen LogP contribution is 2.27. The van der Waals surface area contributed by atoms with Crippen LogP contribution in [0.3, 0.4) is 0 Å².